The molecular formula is C30H31N3O3. The summed E-state index contributed by atoms with van der Waals surface area (Å²) < 4.78 is 0. The highest BCUT2D eigenvalue weighted by Gasteiger charge is 2.36. The number of amides is 3. The molecule has 1 saturated heterocycles. The van der Waals surface area contributed by atoms with Crippen molar-refractivity contribution in [2.45, 2.75) is 32.4 Å². The molecule has 2 aliphatic rings. The average molecular weight is 482 g/mol. The average Bonchev–Trinajstić information content (AvgIpc) is 3.16. The number of fused-ring (bicyclic) bond motifs is 1. The Kier molecular flexibility index (Phi) is 7.23. The number of carbonyl (C=O) groups excluding carboxylic acids is 3. The second kappa shape index (κ2) is 10.9. The molecule has 0 aliphatic carbocycles. The lowest BCUT2D eigenvalue weighted by molar-refractivity contribution is 0.0636. The molecule has 0 radical (unpaired) electrons. The highest BCUT2D eigenvalue weighted by atomic mass is 16.2. The molecule has 5 rings (SSSR count). The van der Waals surface area contributed by atoms with Crippen LogP contribution >= 0.6 is 0 Å². The number of likely N-dealkylation sites (tertiary alicyclic amines) is 1. The third-order valence-corrected chi connectivity index (χ3v) is 7.25. The van der Waals surface area contributed by atoms with Crippen molar-refractivity contribution in [2.24, 2.45) is 5.92 Å². The summed E-state index contributed by atoms with van der Waals surface area (Å²) in [5.74, 6) is -0.315. The quantitative estimate of drug-likeness (QED) is 0.481. The highest BCUT2D eigenvalue weighted by Crippen LogP contribution is 2.27. The molecule has 0 aromatic heterocycles. The van der Waals surface area contributed by atoms with E-state index >= 15 is 0 Å². The summed E-state index contributed by atoms with van der Waals surface area (Å²) in [6, 6.07) is 24.9. The molecule has 0 atom stereocenters. The Morgan fingerprint density at radius 3 is 2.14 bits per heavy atom. The summed E-state index contributed by atoms with van der Waals surface area (Å²) in [6.45, 7) is 3.85. The van der Waals surface area contributed by atoms with Crippen molar-refractivity contribution >= 4 is 17.7 Å². The van der Waals surface area contributed by atoms with Gasteiger partial charge < -0.3 is 5.32 Å². The van der Waals surface area contributed by atoms with Gasteiger partial charge in [0.2, 0.25) is 0 Å². The Balaban J connectivity index is 1.13. The molecule has 36 heavy (non-hydrogen) atoms. The van der Waals surface area contributed by atoms with Crippen molar-refractivity contribution in [1.29, 1.82) is 0 Å². The Bertz CT molecular complexity index is 1230. The lowest BCUT2D eigenvalue weighted by Crippen LogP contribution is -2.36. The van der Waals surface area contributed by atoms with E-state index in [9.17, 15) is 14.4 Å². The van der Waals surface area contributed by atoms with Crippen molar-refractivity contribution < 1.29 is 14.4 Å². The lowest BCUT2D eigenvalue weighted by atomic mass is 9.93. The van der Waals surface area contributed by atoms with E-state index in [1.165, 1.54) is 10.5 Å². The van der Waals surface area contributed by atoms with Crippen molar-refractivity contribution in [1.82, 2.24) is 15.1 Å². The smallest absolute Gasteiger partial charge is 0.261 e. The molecule has 3 amide bonds. The van der Waals surface area contributed by atoms with Gasteiger partial charge in [-0.1, -0.05) is 60.7 Å². The minimum absolute atomic E-state index is 0.257. The first kappa shape index (κ1) is 23.9. The van der Waals surface area contributed by atoms with Gasteiger partial charge in [0, 0.05) is 25.2 Å². The minimum Gasteiger partial charge on any atom is -0.348 e. The number of benzene rings is 3. The first-order valence-electron chi connectivity index (χ1n) is 12.7. The molecule has 3 aromatic carbocycles. The number of carbonyl (C=O) groups is 3. The zero-order chi connectivity index (χ0) is 24.9. The summed E-state index contributed by atoms with van der Waals surface area (Å²) in [4.78, 5) is 42.4. The van der Waals surface area contributed by atoms with Crippen LogP contribution in [0.5, 0.6) is 0 Å². The predicted octanol–water partition coefficient (Wildman–Crippen LogP) is 4.51. The number of nitrogens with one attached hydrogen (secondary N) is 1. The molecule has 6 nitrogen and oxygen atoms in total. The van der Waals surface area contributed by atoms with E-state index in [1.54, 1.807) is 18.2 Å². The maximum atomic E-state index is 13.1. The van der Waals surface area contributed by atoms with Crippen LogP contribution in [0.1, 0.15) is 61.5 Å². The third-order valence-electron chi connectivity index (χ3n) is 7.25. The summed E-state index contributed by atoms with van der Waals surface area (Å²) in [6.07, 6.45) is 2.96. The number of imide groups is 1. The van der Waals surface area contributed by atoms with E-state index in [-0.39, 0.29) is 17.7 Å². The molecule has 184 valence electrons. The van der Waals surface area contributed by atoms with Gasteiger partial charge in [0.15, 0.2) is 0 Å². The maximum absolute atomic E-state index is 13.1. The molecule has 1 N–H and O–H groups in total. The number of piperidine rings is 1. The fourth-order valence-electron chi connectivity index (χ4n) is 5.10. The zero-order valence-electron chi connectivity index (χ0n) is 20.4. The van der Waals surface area contributed by atoms with Gasteiger partial charge in [0.05, 0.1) is 11.1 Å². The van der Waals surface area contributed by atoms with E-state index in [0.717, 1.165) is 44.5 Å². The Morgan fingerprint density at radius 2 is 1.44 bits per heavy atom. The number of nitrogens with zero attached hydrogens (tertiary/aromatic N) is 2. The van der Waals surface area contributed by atoms with Gasteiger partial charge in [-0.2, -0.15) is 0 Å². The molecule has 1 fully saturated rings. The molecule has 2 aliphatic heterocycles. The first-order valence-corrected chi connectivity index (χ1v) is 12.7. The standard InChI is InChI=1S/C30H31N3O3/c34-28(31-20-23-7-3-1-4-8-23)25-11-12-26-27(19-25)30(36)33(29(26)35)18-15-22-13-16-32(17-14-22)21-24-9-5-2-6-10-24/h1-12,19,22H,13-18,20-21H2,(H,31,34). The zero-order valence-corrected chi connectivity index (χ0v) is 20.4. The van der Waals surface area contributed by atoms with Crippen LogP contribution in [0.3, 0.4) is 0 Å². The lowest BCUT2D eigenvalue weighted by Gasteiger charge is -2.32. The van der Waals surface area contributed by atoms with Gasteiger partial charge in [-0.05, 0) is 67.6 Å². The van der Waals surface area contributed by atoms with Gasteiger partial charge in [0.1, 0.15) is 0 Å². The van der Waals surface area contributed by atoms with Crippen molar-refractivity contribution in [3.63, 3.8) is 0 Å². The molecule has 0 spiro atoms. The van der Waals surface area contributed by atoms with Gasteiger partial charge in [-0.25, -0.2) is 0 Å². The van der Waals surface area contributed by atoms with Gasteiger partial charge in [0.25, 0.3) is 17.7 Å². The van der Waals surface area contributed by atoms with Crippen LogP contribution in [0.15, 0.2) is 78.9 Å². The minimum atomic E-state index is -0.297. The van der Waals surface area contributed by atoms with Crippen molar-refractivity contribution in [3.8, 4) is 0 Å². The van der Waals surface area contributed by atoms with Crippen LogP contribution in [0.25, 0.3) is 0 Å². The van der Waals surface area contributed by atoms with E-state index in [2.05, 4.69) is 34.5 Å². The second-order valence-corrected chi connectivity index (χ2v) is 9.68. The van der Waals surface area contributed by atoms with Crippen LogP contribution in [-0.4, -0.2) is 47.2 Å². The number of hydrogen-bond donors (Lipinski definition) is 1. The van der Waals surface area contributed by atoms with Crippen LogP contribution < -0.4 is 5.32 Å². The molecule has 0 saturated carbocycles. The largest absolute Gasteiger partial charge is 0.348 e. The third kappa shape index (κ3) is 5.39. The summed E-state index contributed by atoms with van der Waals surface area (Å²) >= 11 is 0. The topological polar surface area (TPSA) is 69.7 Å². The predicted molar refractivity (Wildman–Crippen MR) is 138 cm³/mol. The molecule has 6 heteroatoms. The van der Waals surface area contributed by atoms with Crippen LogP contribution in [0.4, 0.5) is 0 Å². The number of rotatable bonds is 8. The van der Waals surface area contributed by atoms with E-state index in [4.69, 9.17) is 0 Å². The Labute approximate surface area is 211 Å². The van der Waals surface area contributed by atoms with Crippen LogP contribution in [0, 0.1) is 5.92 Å². The highest BCUT2D eigenvalue weighted by molar-refractivity contribution is 6.22. The van der Waals surface area contributed by atoms with Gasteiger partial charge in [-0.3, -0.25) is 24.2 Å². The van der Waals surface area contributed by atoms with Crippen molar-refractivity contribution in [3.05, 3.63) is 107 Å². The Hall–Kier alpha value is -3.77. The molecule has 2 heterocycles. The van der Waals surface area contributed by atoms with E-state index < -0.39 is 0 Å². The van der Waals surface area contributed by atoms with Crippen LogP contribution in [0.2, 0.25) is 0 Å². The Morgan fingerprint density at radius 1 is 0.806 bits per heavy atom. The first-order chi connectivity index (χ1) is 17.6. The normalized spacial score (nSPS) is 16.3. The molecular weight excluding hydrogens is 450 g/mol. The fourth-order valence-corrected chi connectivity index (χ4v) is 5.10. The molecule has 3 aromatic rings. The second-order valence-electron chi connectivity index (χ2n) is 9.68. The molecule has 0 unspecified atom stereocenters. The SMILES string of the molecule is O=C(NCc1ccccc1)c1ccc2c(c1)C(=O)N(CCC1CCN(Cc3ccccc3)CC1)C2=O. The summed E-state index contributed by atoms with van der Waals surface area (Å²) in [7, 11) is 0. The monoisotopic (exact) mass is 481 g/mol. The van der Waals surface area contributed by atoms with Gasteiger partial charge in [-0.15, -0.1) is 0 Å². The molecule has 0 bridgehead atoms. The van der Waals surface area contributed by atoms with Crippen LogP contribution in [-0.2, 0) is 13.1 Å². The fraction of sp³-hybridized carbons (Fsp3) is 0.300. The van der Waals surface area contributed by atoms with Crippen molar-refractivity contribution in [2.75, 3.05) is 19.6 Å². The number of hydrogen-bond acceptors (Lipinski definition) is 4. The maximum Gasteiger partial charge on any atom is 0.261 e. The van der Waals surface area contributed by atoms with E-state index in [0.29, 0.717) is 35.7 Å². The summed E-state index contributed by atoms with van der Waals surface area (Å²) in [5.41, 5.74) is 3.42. The van der Waals surface area contributed by atoms with E-state index in [1.807, 2.05) is 36.4 Å². The summed E-state index contributed by atoms with van der Waals surface area (Å²) in [5, 5.41) is 2.88. The van der Waals surface area contributed by atoms with Gasteiger partial charge >= 0.3 is 0 Å².